The van der Waals surface area contributed by atoms with Crippen LogP contribution in [0.25, 0.3) is 0 Å². The topological polar surface area (TPSA) is 12.9 Å². The highest BCUT2D eigenvalue weighted by Crippen LogP contribution is 2.14. The van der Waals surface area contributed by atoms with E-state index in [1.807, 2.05) is 0 Å². The van der Waals surface area contributed by atoms with E-state index < -0.39 is 0 Å². The molecule has 5 aromatic rings. The Morgan fingerprint density at radius 3 is 0.881 bits per heavy atom. The van der Waals surface area contributed by atoms with Gasteiger partial charge in [-0.3, -0.25) is 0 Å². The third-order valence-electron chi connectivity index (χ3n) is 5.73. The number of aromatic nitrogens is 1. The van der Waals surface area contributed by atoms with Crippen LogP contribution in [0, 0.1) is 70.6 Å². The zero-order valence-corrected chi connectivity index (χ0v) is 21.8. The lowest BCUT2D eigenvalue weighted by atomic mass is 10.1. The van der Waals surface area contributed by atoms with Crippen molar-refractivity contribution in [2.75, 3.05) is 0 Å². The van der Waals surface area contributed by atoms with Crippen LogP contribution >= 0.6 is 0 Å². The Kier molecular flexibility index (Phi) is 8.46. The summed E-state index contributed by atoms with van der Waals surface area (Å²) < 4.78 is 53.6. The summed E-state index contributed by atoms with van der Waals surface area (Å²) in [5.74, 6) is 22.5. The number of rotatable bonds is 0. The molecule has 0 spiro atoms. The third kappa shape index (κ3) is 7.55. The van der Waals surface area contributed by atoms with Crippen LogP contribution in [0.15, 0.2) is 103 Å². The minimum Gasteiger partial charge on any atom is -0.228 e. The van der Waals surface area contributed by atoms with Gasteiger partial charge in [0.25, 0.3) is 0 Å². The largest absolute Gasteiger partial charge is 0.228 e. The van der Waals surface area contributed by atoms with Crippen molar-refractivity contribution in [3.63, 3.8) is 0 Å². The zero-order valence-electron chi connectivity index (χ0n) is 21.8. The summed E-state index contributed by atoms with van der Waals surface area (Å²) in [5.41, 5.74) is 3.74. The van der Waals surface area contributed by atoms with E-state index in [1.54, 1.807) is 54.6 Å². The van der Waals surface area contributed by atoms with Gasteiger partial charge in [0, 0.05) is 22.3 Å². The van der Waals surface area contributed by atoms with Crippen molar-refractivity contribution in [1.29, 1.82) is 0 Å². The summed E-state index contributed by atoms with van der Waals surface area (Å²) in [5, 5.41) is 0. The monoisotopic (exact) mass is 551 g/mol. The van der Waals surface area contributed by atoms with Crippen molar-refractivity contribution in [2.24, 2.45) is 0 Å². The van der Waals surface area contributed by atoms with Crippen LogP contribution in [-0.2, 0) is 0 Å². The first-order valence-electron chi connectivity index (χ1n) is 12.6. The highest BCUT2D eigenvalue weighted by atomic mass is 19.1. The second-order valence-corrected chi connectivity index (χ2v) is 8.81. The molecule has 4 aromatic carbocycles. The van der Waals surface area contributed by atoms with Crippen LogP contribution in [0.5, 0.6) is 0 Å². The first-order valence-corrected chi connectivity index (χ1v) is 12.6. The Morgan fingerprint density at radius 1 is 0.333 bits per heavy atom. The van der Waals surface area contributed by atoms with E-state index in [9.17, 15) is 17.6 Å². The van der Waals surface area contributed by atoms with E-state index in [2.05, 4.69) is 52.3 Å². The normalized spacial score (nSPS) is 9.62. The van der Waals surface area contributed by atoms with Gasteiger partial charge >= 0.3 is 0 Å². The molecule has 0 N–H and O–H groups in total. The van der Waals surface area contributed by atoms with Gasteiger partial charge in [0.05, 0.1) is 11.1 Å². The molecule has 0 fully saturated rings. The first-order chi connectivity index (χ1) is 20.4. The molecule has 0 radical (unpaired) electrons. The highest BCUT2D eigenvalue weighted by molar-refractivity contribution is 5.60. The highest BCUT2D eigenvalue weighted by Gasteiger charge is 2.08. The third-order valence-corrected chi connectivity index (χ3v) is 5.73. The molecule has 0 atom stereocenters. The van der Waals surface area contributed by atoms with E-state index in [4.69, 9.17) is 0 Å². The molecule has 5 rings (SSSR count). The Bertz CT molecular complexity index is 1700. The van der Waals surface area contributed by atoms with Gasteiger partial charge in [-0.25, -0.2) is 22.5 Å². The number of nitrogens with zero attached hydrogens (tertiary/aromatic N) is 1. The number of hydrogen-bond donors (Lipinski definition) is 0. The molecule has 1 aromatic heterocycles. The van der Waals surface area contributed by atoms with Crippen molar-refractivity contribution in [2.45, 2.75) is 0 Å². The van der Waals surface area contributed by atoms with Gasteiger partial charge in [-0.1, -0.05) is 35.5 Å². The summed E-state index contributed by atoms with van der Waals surface area (Å²) in [6, 6.07) is 24.6. The van der Waals surface area contributed by atoms with Crippen molar-refractivity contribution in [3.8, 4) is 47.4 Å². The van der Waals surface area contributed by atoms with Crippen LogP contribution < -0.4 is 0 Å². The lowest BCUT2D eigenvalue weighted by Crippen LogP contribution is -1.98. The second-order valence-electron chi connectivity index (χ2n) is 8.81. The molecule has 198 valence electrons. The molecule has 0 aliphatic rings. The maximum absolute atomic E-state index is 13.4. The predicted molar refractivity (Wildman–Crippen MR) is 154 cm³/mol. The average molecular weight is 552 g/mol. The predicted octanol–water partition coefficient (Wildman–Crippen LogP) is 7.24. The fraction of sp³-hybridized carbons (Fsp3) is 0. The van der Waals surface area contributed by atoms with Crippen LogP contribution in [0.1, 0.15) is 44.8 Å². The van der Waals surface area contributed by atoms with Crippen LogP contribution in [0.2, 0.25) is 0 Å². The molecule has 0 unspecified atom stereocenters. The van der Waals surface area contributed by atoms with E-state index in [-0.39, 0.29) is 23.3 Å². The molecule has 1 heterocycles. The summed E-state index contributed by atoms with van der Waals surface area (Å²) in [4.78, 5) is 4.67. The molecule has 5 heteroatoms. The zero-order chi connectivity index (χ0) is 29.3. The smallest absolute Gasteiger partial charge is 0.130 e. The molecule has 0 bridgehead atoms. The number of halogens is 4. The average Bonchev–Trinajstić information content (AvgIpc) is 3.00. The molecule has 0 amide bonds. The number of pyridine rings is 1. The fourth-order valence-electron chi connectivity index (χ4n) is 3.57. The van der Waals surface area contributed by atoms with E-state index in [0.717, 1.165) is 0 Å². The second kappa shape index (κ2) is 12.9. The maximum Gasteiger partial charge on any atom is 0.130 e. The molecular weight excluding hydrogens is 534 g/mol. The summed E-state index contributed by atoms with van der Waals surface area (Å²) >= 11 is 0. The Hall–Kier alpha value is -6.01. The number of hydrogen-bond acceptors (Lipinski definition) is 1. The van der Waals surface area contributed by atoms with Crippen LogP contribution in [-0.4, -0.2) is 4.98 Å². The van der Waals surface area contributed by atoms with Crippen molar-refractivity contribution < 1.29 is 17.6 Å². The minimum atomic E-state index is -0.382. The summed E-state index contributed by atoms with van der Waals surface area (Å²) in [6.07, 6.45) is 0. The summed E-state index contributed by atoms with van der Waals surface area (Å²) in [7, 11) is 0. The molecule has 0 aliphatic carbocycles. The van der Waals surface area contributed by atoms with Gasteiger partial charge in [0.2, 0.25) is 0 Å². The number of benzene rings is 4. The minimum absolute atomic E-state index is 0.296. The van der Waals surface area contributed by atoms with Crippen molar-refractivity contribution in [1.82, 2.24) is 4.98 Å². The molecule has 0 aliphatic heterocycles. The van der Waals surface area contributed by atoms with Gasteiger partial charge in [0.15, 0.2) is 0 Å². The maximum atomic E-state index is 13.4. The van der Waals surface area contributed by atoms with E-state index >= 15 is 0 Å². The standard InChI is InChI=1S/C37H17F4N/c38-32-15-3-26(4-16-32)1-13-30-25-31(14-2-27-5-17-33(39)18-6-27)37(24-12-29-9-21-35(41)22-10-29)42-36(30)23-11-28-7-19-34(40)20-8-28/h3-10,15-22,25H. The van der Waals surface area contributed by atoms with E-state index in [1.165, 1.54) is 48.5 Å². The quantitative estimate of drug-likeness (QED) is 0.146. The fourth-order valence-corrected chi connectivity index (χ4v) is 3.57. The molecule has 42 heavy (non-hydrogen) atoms. The molecule has 1 nitrogen and oxygen atoms in total. The van der Waals surface area contributed by atoms with Gasteiger partial charge in [-0.15, -0.1) is 0 Å². The van der Waals surface area contributed by atoms with Crippen molar-refractivity contribution in [3.05, 3.63) is 171 Å². The van der Waals surface area contributed by atoms with E-state index in [0.29, 0.717) is 44.8 Å². The molecule has 0 saturated carbocycles. The lowest BCUT2D eigenvalue weighted by molar-refractivity contribution is 0.627. The Balaban J connectivity index is 1.66. The Labute approximate surface area is 240 Å². The van der Waals surface area contributed by atoms with Gasteiger partial charge in [-0.2, -0.15) is 0 Å². The first kappa shape index (κ1) is 27.6. The van der Waals surface area contributed by atoms with Gasteiger partial charge in [0.1, 0.15) is 34.7 Å². The van der Waals surface area contributed by atoms with Crippen LogP contribution in [0.4, 0.5) is 17.6 Å². The molecule has 0 saturated heterocycles. The molecular formula is C37H17F4N. The summed E-state index contributed by atoms with van der Waals surface area (Å²) in [6.45, 7) is 0. The lowest BCUT2D eigenvalue weighted by Gasteiger charge is -2.02. The van der Waals surface area contributed by atoms with Crippen LogP contribution in [0.3, 0.4) is 0 Å². The van der Waals surface area contributed by atoms with Crippen molar-refractivity contribution >= 4 is 0 Å². The van der Waals surface area contributed by atoms with Gasteiger partial charge < -0.3 is 0 Å². The SMILES string of the molecule is Fc1ccc(C#Cc2cc(C#Cc3ccc(F)cc3)c(C#Cc3ccc(F)cc3)nc2C#Cc2ccc(F)cc2)cc1. The van der Waals surface area contributed by atoms with Gasteiger partial charge in [-0.05, 0) is 115 Å². The Morgan fingerprint density at radius 2 is 0.595 bits per heavy atom.